The van der Waals surface area contributed by atoms with Gasteiger partial charge in [-0.15, -0.1) is 0 Å². The van der Waals surface area contributed by atoms with E-state index in [4.69, 9.17) is 0 Å². The minimum atomic E-state index is -0.833. The van der Waals surface area contributed by atoms with E-state index >= 15 is 0 Å². The third-order valence-corrected chi connectivity index (χ3v) is 2.70. The summed E-state index contributed by atoms with van der Waals surface area (Å²) in [5.41, 5.74) is -0.833. The SMILES string of the molecule is CC(O)C(C)(C(C)O)C(C)O. The Morgan fingerprint density at radius 2 is 1.00 bits per heavy atom. The van der Waals surface area contributed by atoms with Crippen molar-refractivity contribution in [3.8, 4) is 0 Å². The lowest BCUT2D eigenvalue weighted by Gasteiger charge is -2.38. The molecule has 0 bridgehead atoms. The molecular formula is C8H18O3. The lowest BCUT2D eigenvalue weighted by molar-refractivity contribution is -0.109. The Bertz CT molecular complexity index is 96.7. The smallest absolute Gasteiger partial charge is 0.0615 e. The van der Waals surface area contributed by atoms with Crippen LogP contribution in [0.3, 0.4) is 0 Å². The van der Waals surface area contributed by atoms with Crippen molar-refractivity contribution in [3.63, 3.8) is 0 Å². The van der Waals surface area contributed by atoms with Crippen molar-refractivity contribution >= 4 is 0 Å². The van der Waals surface area contributed by atoms with Gasteiger partial charge in [-0.3, -0.25) is 0 Å². The Balaban J connectivity index is 4.53. The molecule has 3 unspecified atom stereocenters. The van der Waals surface area contributed by atoms with Crippen LogP contribution in [0.1, 0.15) is 27.7 Å². The third-order valence-electron chi connectivity index (χ3n) is 2.70. The Kier molecular flexibility index (Phi) is 3.48. The van der Waals surface area contributed by atoms with E-state index < -0.39 is 23.7 Å². The van der Waals surface area contributed by atoms with Crippen LogP contribution in [-0.4, -0.2) is 33.6 Å². The summed E-state index contributed by atoms with van der Waals surface area (Å²) in [6, 6.07) is 0. The Hall–Kier alpha value is -0.120. The summed E-state index contributed by atoms with van der Waals surface area (Å²) in [5, 5.41) is 27.9. The minimum absolute atomic E-state index is 0.720. The largest absolute Gasteiger partial charge is 0.393 e. The number of rotatable bonds is 3. The molecule has 11 heavy (non-hydrogen) atoms. The Labute approximate surface area is 67.7 Å². The van der Waals surface area contributed by atoms with Crippen LogP contribution in [0.25, 0.3) is 0 Å². The van der Waals surface area contributed by atoms with Crippen LogP contribution in [0.15, 0.2) is 0 Å². The van der Waals surface area contributed by atoms with Gasteiger partial charge in [-0.1, -0.05) is 6.92 Å². The van der Waals surface area contributed by atoms with Gasteiger partial charge < -0.3 is 15.3 Å². The molecule has 0 radical (unpaired) electrons. The van der Waals surface area contributed by atoms with E-state index in [1.165, 1.54) is 0 Å². The number of aliphatic hydroxyl groups is 3. The predicted molar refractivity (Wildman–Crippen MR) is 43.1 cm³/mol. The molecule has 3 nitrogen and oxygen atoms in total. The van der Waals surface area contributed by atoms with Crippen LogP contribution in [0, 0.1) is 5.41 Å². The van der Waals surface area contributed by atoms with Crippen LogP contribution < -0.4 is 0 Å². The molecule has 0 aliphatic rings. The molecule has 3 heteroatoms. The van der Waals surface area contributed by atoms with Gasteiger partial charge in [0.05, 0.1) is 18.3 Å². The predicted octanol–water partition coefficient (Wildman–Crippen LogP) is 0.135. The zero-order valence-electron chi connectivity index (χ0n) is 7.57. The molecule has 68 valence electrons. The third kappa shape index (κ3) is 1.92. The van der Waals surface area contributed by atoms with E-state index in [2.05, 4.69) is 0 Å². The highest BCUT2D eigenvalue weighted by Gasteiger charge is 2.39. The van der Waals surface area contributed by atoms with Gasteiger partial charge in [-0.05, 0) is 20.8 Å². The van der Waals surface area contributed by atoms with Crippen molar-refractivity contribution in [3.05, 3.63) is 0 Å². The molecule has 0 rings (SSSR count). The zero-order valence-corrected chi connectivity index (χ0v) is 7.57. The summed E-state index contributed by atoms with van der Waals surface area (Å²) < 4.78 is 0. The van der Waals surface area contributed by atoms with Gasteiger partial charge >= 0.3 is 0 Å². The van der Waals surface area contributed by atoms with Crippen LogP contribution in [0.2, 0.25) is 0 Å². The van der Waals surface area contributed by atoms with Crippen LogP contribution in [-0.2, 0) is 0 Å². The average molecular weight is 162 g/mol. The van der Waals surface area contributed by atoms with Crippen LogP contribution in [0.5, 0.6) is 0 Å². The molecule has 0 aromatic heterocycles. The van der Waals surface area contributed by atoms with Crippen molar-refractivity contribution < 1.29 is 15.3 Å². The van der Waals surface area contributed by atoms with Gasteiger partial charge in [-0.25, -0.2) is 0 Å². The van der Waals surface area contributed by atoms with E-state index in [0.717, 1.165) is 0 Å². The fourth-order valence-corrected chi connectivity index (χ4v) is 1.05. The van der Waals surface area contributed by atoms with E-state index in [1.54, 1.807) is 27.7 Å². The fourth-order valence-electron chi connectivity index (χ4n) is 1.05. The lowest BCUT2D eigenvalue weighted by Crippen LogP contribution is -2.47. The second-order valence-electron chi connectivity index (χ2n) is 3.39. The van der Waals surface area contributed by atoms with Gasteiger partial charge in [0, 0.05) is 5.41 Å². The fraction of sp³-hybridized carbons (Fsp3) is 1.00. The van der Waals surface area contributed by atoms with Crippen molar-refractivity contribution in [2.75, 3.05) is 0 Å². The summed E-state index contributed by atoms with van der Waals surface area (Å²) in [5.74, 6) is 0. The molecule has 0 heterocycles. The second-order valence-corrected chi connectivity index (χ2v) is 3.39. The van der Waals surface area contributed by atoms with E-state index in [1.807, 2.05) is 0 Å². The first-order valence-corrected chi connectivity index (χ1v) is 3.87. The minimum Gasteiger partial charge on any atom is -0.393 e. The van der Waals surface area contributed by atoms with Gasteiger partial charge in [0.2, 0.25) is 0 Å². The Morgan fingerprint density at radius 1 is 0.818 bits per heavy atom. The Morgan fingerprint density at radius 3 is 1.00 bits per heavy atom. The second kappa shape index (κ2) is 3.52. The topological polar surface area (TPSA) is 60.7 Å². The van der Waals surface area contributed by atoms with Gasteiger partial charge in [0.1, 0.15) is 0 Å². The maximum absolute atomic E-state index is 9.29. The average Bonchev–Trinajstić information content (AvgIpc) is 1.84. The van der Waals surface area contributed by atoms with E-state index in [9.17, 15) is 15.3 Å². The molecule has 0 fully saturated rings. The van der Waals surface area contributed by atoms with E-state index in [-0.39, 0.29) is 0 Å². The molecule has 3 N–H and O–H groups in total. The van der Waals surface area contributed by atoms with Crippen molar-refractivity contribution in [2.24, 2.45) is 5.41 Å². The highest BCUT2D eigenvalue weighted by molar-refractivity contribution is 4.88. The van der Waals surface area contributed by atoms with Crippen molar-refractivity contribution in [1.29, 1.82) is 0 Å². The molecule has 0 saturated carbocycles. The highest BCUT2D eigenvalue weighted by atomic mass is 16.3. The number of hydrogen-bond donors (Lipinski definition) is 3. The quantitative estimate of drug-likeness (QED) is 0.553. The lowest BCUT2D eigenvalue weighted by atomic mass is 9.76. The van der Waals surface area contributed by atoms with Crippen molar-refractivity contribution in [1.82, 2.24) is 0 Å². The highest BCUT2D eigenvalue weighted by Crippen LogP contribution is 2.30. The number of aliphatic hydroxyl groups excluding tert-OH is 3. The summed E-state index contributed by atoms with van der Waals surface area (Å²) in [7, 11) is 0. The maximum atomic E-state index is 9.29. The summed E-state index contributed by atoms with van der Waals surface area (Å²) >= 11 is 0. The van der Waals surface area contributed by atoms with Crippen LogP contribution in [0.4, 0.5) is 0 Å². The molecule has 0 amide bonds. The van der Waals surface area contributed by atoms with Gasteiger partial charge in [0.15, 0.2) is 0 Å². The molecule has 3 atom stereocenters. The summed E-state index contributed by atoms with van der Waals surface area (Å²) in [4.78, 5) is 0. The maximum Gasteiger partial charge on any atom is 0.0615 e. The van der Waals surface area contributed by atoms with Gasteiger partial charge in [-0.2, -0.15) is 0 Å². The molecule has 0 aromatic carbocycles. The van der Waals surface area contributed by atoms with Gasteiger partial charge in [0.25, 0.3) is 0 Å². The molecule has 0 saturated heterocycles. The normalized spacial score (nSPS) is 25.4. The molecule has 0 aromatic rings. The first kappa shape index (κ1) is 10.9. The molecule has 0 aliphatic heterocycles. The molecule has 0 spiro atoms. The molecule has 0 aliphatic carbocycles. The summed E-state index contributed by atoms with van der Waals surface area (Å²) in [6.45, 7) is 6.37. The molecular weight excluding hydrogens is 144 g/mol. The monoisotopic (exact) mass is 162 g/mol. The zero-order chi connectivity index (χ0) is 9.23. The summed E-state index contributed by atoms with van der Waals surface area (Å²) in [6.07, 6.45) is -2.16. The number of hydrogen-bond acceptors (Lipinski definition) is 3. The first-order chi connectivity index (χ1) is 4.83. The van der Waals surface area contributed by atoms with E-state index in [0.29, 0.717) is 0 Å². The van der Waals surface area contributed by atoms with Crippen LogP contribution >= 0.6 is 0 Å². The first-order valence-electron chi connectivity index (χ1n) is 3.87. The standard InChI is InChI=1S/C8H18O3/c1-5(9)8(4,6(2)10)7(3)11/h5-7,9-11H,1-4H3. The van der Waals surface area contributed by atoms with Crippen molar-refractivity contribution in [2.45, 2.75) is 46.0 Å².